The van der Waals surface area contributed by atoms with E-state index in [1.807, 2.05) is 48.5 Å². The van der Waals surface area contributed by atoms with Crippen molar-refractivity contribution in [3.8, 4) is 11.5 Å². The Hall–Kier alpha value is -3.27. The van der Waals surface area contributed by atoms with Gasteiger partial charge in [-0.2, -0.15) is 0 Å². The number of nitrogens with one attached hydrogen (secondary N) is 1. The first-order chi connectivity index (χ1) is 13.0. The van der Waals surface area contributed by atoms with E-state index in [0.29, 0.717) is 0 Å². The second kappa shape index (κ2) is 6.80. The molecule has 1 heterocycles. The molecule has 27 heavy (non-hydrogen) atoms. The number of fused-ring (bicyclic) bond motifs is 1. The molecule has 0 bridgehead atoms. The Kier molecular flexibility index (Phi) is 4.32. The minimum absolute atomic E-state index is 0.254. The summed E-state index contributed by atoms with van der Waals surface area (Å²) in [5, 5.41) is 19.3. The van der Waals surface area contributed by atoms with Crippen molar-refractivity contribution in [2.45, 2.75) is 25.2 Å². The normalized spacial score (nSPS) is 11.7. The van der Waals surface area contributed by atoms with Crippen LogP contribution >= 0.6 is 0 Å². The maximum Gasteiger partial charge on any atom is 0.115 e. The second-order valence-electron chi connectivity index (χ2n) is 7.13. The summed E-state index contributed by atoms with van der Waals surface area (Å²) in [6, 6.07) is 22.7. The summed E-state index contributed by atoms with van der Waals surface area (Å²) in [5.74, 6) is 1.47. The van der Waals surface area contributed by atoms with E-state index in [2.05, 4.69) is 11.9 Å². The van der Waals surface area contributed by atoms with Gasteiger partial charge in [0, 0.05) is 11.8 Å². The monoisotopic (exact) mass is 358 g/mol. The van der Waals surface area contributed by atoms with Crippen LogP contribution in [0.3, 0.4) is 0 Å². The standard InChI is InChI=1S/C23H22N2O2/c1-23(16-6-10-18(26)11-7-16,17-8-12-19(27)13-9-17)15-14-22-24-20-4-2-3-5-21(20)25-22/h2-13,26-27H,14-15H2,1H3,(H,24,25). The number of aromatic hydroxyl groups is 2. The zero-order valence-electron chi connectivity index (χ0n) is 15.2. The first-order valence-electron chi connectivity index (χ1n) is 9.07. The van der Waals surface area contributed by atoms with E-state index < -0.39 is 0 Å². The van der Waals surface area contributed by atoms with Gasteiger partial charge in [0.2, 0.25) is 0 Å². The summed E-state index contributed by atoms with van der Waals surface area (Å²) in [4.78, 5) is 8.09. The lowest BCUT2D eigenvalue weighted by atomic mass is 9.73. The van der Waals surface area contributed by atoms with Gasteiger partial charge in [0.15, 0.2) is 0 Å². The molecule has 0 amide bonds. The zero-order valence-corrected chi connectivity index (χ0v) is 15.2. The maximum atomic E-state index is 9.67. The van der Waals surface area contributed by atoms with Crippen molar-refractivity contribution in [1.82, 2.24) is 9.97 Å². The van der Waals surface area contributed by atoms with Crippen LogP contribution in [-0.2, 0) is 11.8 Å². The highest BCUT2D eigenvalue weighted by Gasteiger charge is 2.29. The van der Waals surface area contributed by atoms with Gasteiger partial charge in [0.1, 0.15) is 17.3 Å². The SMILES string of the molecule is CC(CCc1nc2ccccc2[nH]1)(c1ccc(O)cc1)c1ccc(O)cc1. The molecule has 4 nitrogen and oxygen atoms in total. The van der Waals surface area contributed by atoms with E-state index in [1.165, 1.54) is 0 Å². The number of phenols is 2. The van der Waals surface area contributed by atoms with Crippen molar-refractivity contribution in [3.05, 3.63) is 89.7 Å². The molecule has 0 aliphatic heterocycles. The molecule has 3 N–H and O–H groups in total. The molecular weight excluding hydrogens is 336 g/mol. The van der Waals surface area contributed by atoms with Crippen LogP contribution < -0.4 is 0 Å². The van der Waals surface area contributed by atoms with E-state index >= 15 is 0 Å². The third-order valence-corrected chi connectivity index (χ3v) is 5.31. The Morgan fingerprint density at radius 1 is 0.815 bits per heavy atom. The van der Waals surface area contributed by atoms with Crippen LogP contribution in [0.15, 0.2) is 72.8 Å². The van der Waals surface area contributed by atoms with Crippen molar-refractivity contribution in [2.24, 2.45) is 0 Å². The molecule has 0 atom stereocenters. The van der Waals surface area contributed by atoms with Crippen LogP contribution in [0.5, 0.6) is 11.5 Å². The van der Waals surface area contributed by atoms with E-state index in [0.717, 1.165) is 40.8 Å². The smallest absolute Gasteiger partial charge is 0.115 e. The van der Waals surface area contributed by atoms with Crippen LogP contribution in [0, 0.1) is 0 Å². The number of para-hydroxylation sites is 2. The highest BCUT2D eigenvalue weighted by Crippen LogP contribution is 2.37. The van der Waals surface area contributed by atoms with E-state index in [-0.39, 0.29) is 16.9 Å². The first kappa shape index (κ1) is 17.2. The van der Waals surface area contributed by atoms with Gasteiger partial charge < -0.3 is 15.2 Å². The summed E-state index contributed by atoms with van der Waals surface area (Å²) < 4.78 is 0. The Labute approximate surface area is 158 Å². The van der Waals surface area contributed by atoms with Gasteiger partial charge in [-0.3, -0.25) is 0 Å². The number of benzene rings is 3. The van der Waals surface area contributed by atoms with E-state index in [4.69, 9.17) is 4.98 Å². The molecule has 1 aromatic heterocycles. The van der Waals surface area contributed by atoms with Gasteiger partial charge in [-0.25, -0.2) is 4.98 Å². The number of phenolic OH excluding ortho intramolecular Hbond substituents is 2. The summed E-state index contributed by atoms with van der Waals surface area (Å²) in [6.07, 6.45) is 1.62. The molecule has 0 aliphatic rings. The maximum absolute atomic E-state index is 9.67. The van der Waals surface area contributed by atoms with Crippen molar-refractivity contribution in [2.75, 3.05) is 0 Å². The lowest BCUT2D eigenvalue weighted by Gasteiger charge is -2.31. The van der Waals surface area contributed by atoms with E-state index in [1.54, 1.807) is 24.3 Å². The fourth-order valence-electron chi connectivity index (χ4n) is 3.61. The largest absolute Gasteiger partial charge is 0.508 e. The molecule has 0 radical (unpaired) electrons. The highest BCUT2D eigenvalue weighted by molar-refractivity contribution is 5.74. The lowest BCUT2D eigenvalue weighted by molar-refractivity contribution is 0.470. The Balaban J connectivity index is 1.68. The van der Waals surface area contributed by atoms with Crippen LogP contribution in [0.4, 0.5) is 0 Å². The average molecular weight is 358 g/mol. The predicted octanol–water partition coefficient (Wildman–Crippen LogP) is 4.91. The third kappa shape index (κ3) is 3.38. The molecule has 4 heteroatoms. The fraction of sp³-hybridized carbons (Fsp3) is 0.174. The molecule has 4 aromatic rings. The number of imidazole rings is 1. The van der Waals surface area contributed by atoms with Gasteiger partial charge in [-0.1, -0.05) is 43.3 Å². The molecular formula is C23H22N2O2. The molecule has 0 fully saturated rings. The number of nitrogens with zero attached hydrogens (tertiary/aromatic N) is 1. The summed E-state index contributed by atoms with van der Waals surface area (Å²) in [7, 11) is 0. The highest BCUT2D eigenvalue weighted by atomic mass is 16.3. The third-order valence-electron chi connectivity index (χ3n) is 5.31. The van der Waals surface area contributed by atoms with Gasteiger partial charge in [0.25, 0.3) is 0 Å². The number of aromatic nitrogens is 2. The zero-order chi connectivity index (χ0) is 18.9. The quantitative estimate of drug-likeness (QED) is 0.475. The fourth-order valence-corrected chi connectivity index (χ4v) is 3.61. The molecule has 136 valence electrons. The van der Waals surface area contributed by atoms with Crippen LogP contribution in [0.25, 0.3) is 11.0 Å². The lowest BCUT2D eigenvalue weighted by Crippen LogP contribution is -2.24. The number of aryl methyl sites for hydroxylation is 1. The van der Waals surface area contributed by atoms with Crippen LogP contribution in [0.1, 0.15) is 30.3 Å². The summed E-state index contributed by atoms with van der Waals surface area (Å²) in [5.41, 5.74) is 3.97. The average Bonchev–Trinajstić information content (AvgIpc) is 3.10. The molecule has 0 unspecified atom stereocenters. The van der Waals surface area contributed by atoms with Crippen LogP contribution in [0.2, 0.25) is 0 Å². The first-order valence-corrected chi connectivity index (χ1v) is 9.07. The van der Waals surface area contributed by atoms with Gasteiger partial charge in [-0.05, 0) is 53.9 Å². The summed E-state index contributed by atoms with van der Waals surface area (Å²) in [6.45, 7) is 2.19. The minimum atomic E-state index is -0.277. The Morgan fingerprint density at radius 2 is 1.37 bits per heavy atom. The molecule has 0 spiro atoms. The Morgan fingerprint density at radius 3 is 1.93 bits per heavy atom. The molecule has 0 aliphatic carbocycles. The minimum Gasteiger partial charge on any atom is -0.508 e. The summed E-state index contributed by atoms with van der Waals surface area (Å²) >= 11 is 0. The predicted molar refractivity (Wildman–Crippen MR) is 107 cm³/mol. The van der Waals surface area contributed by atoms with E-state index in [9.17, 15) is 10.2 Å². The van der Waals surface area contributed by atoms with Gasteiger partial charge in [0.05, 0.1) is 11.0 Å². The molecule has 4 rings (SSSR count). The number of hydrogen-bond donors (Lipinski definition) is 3. The van der Waals surface area contributed by atoms with Crippen molar-refractivity contribution in [1.29, 1.82) is 0 Å². The van der Waals surface area contributed by atoms with Gasteiger partial charge in [-0.15, -0.1) is 0 Å². The second-order valence-corrected chi connectivity index (χ2v) is 7.13. The molecule has 0 saturated heterocycles. The van der Waals surface area contributed by atoms with Crippen LogP contribution in [-0.4, -0.2) is 20.2 Å². The topological polar surface area (TPSA) is 69.1 Å². The Bertz CT molecular complexity index is 971. The number of hydrogen-bond acceptors (Lipinski definition) is 3. The van der Waals surface area contributed by atoms with Crippen molar-refractivity contribution < 1.29 is 10.2 Å². The number of H-pyrrole nitrogens is 1. The van der Waals surface area contributed by atoms with Gasteiger partial charge >= 0.3 is 0 Å². The van der Waals surface area contributed by atoms with Crippen molar-refractivity contribution in [3.63, 3.8) is 0 Å². The number of aromatic amines is 1. The number of rotatable bonds is 5. The molecule has 3 aromatic carbocycles. The molecule has 0 saturated carbocycles. The van der Waals surface area contributed by atoms with Crippen molar-refractivity contribution >= 4 is 11.0 Å².